The summed E-state index contributed by atoms with van der Waals surface area (Å²) in [4.78, 5) is 25.8. The van der Waals surface area contributed by atoms with E-state index >= 15 is 0 Å². The van der Waals surface area contributed by atoms with Crippen LogP contribution in [0.5, 0.6) is 0 Å². The Hall–Kier alpha value is -3.20. The monoisotopic (exact) mass is 511 g/mol. The van der Waals surface area contributed by atoms with Crippen LogP contribution in [0.1, 0.15) is 46.4 Å². The smallest absolute Gasteiger partial charge is 0.257 e. The molecule has 0 aromatic heterocycles. The Labute approximate surface area is 210 Å². The van der Waals surface area contributed by atoms with Crippen LogP contribution >= 0.6 is 11.6 Å². The van der Waals surface area contributed by atoms with Crippen LogP contribution in [0.25, 0.3) is 0 Å². The molecule has 1 aliphatic rings. The first-order valence-electron chi connectivity index (χ1n) is 11.4. The quantitative estimate of drug-likeness (QED) is 0.462. The van der Waals surface area contributed by atoms with Crippen LogP contribution in [-0.4, -0.2) is 37.6 Å². The van der Waals surface area contributed by atoms with E-state index in [-0.39, 0.29) is 21.9 Å². The van der Waals surface area contributed by atoms with Crippen molar-refractivity contribution in [1.82, 2.24) is 4.31 Å². The molecule has 4 rings (SSSR count). The van der Waals surface area contributed by atoms with Gasteiger partial charge in [0.25, 0.3) is 11.8 Å². The fraction of sp³-hybridized carbons (Fsp3) is 0.231. The summed E-state index contributed by atoms with van der Waals surface area (Å²) in [5.74, 6) is -0.836. The van der Waals surface area contributed by atoms with Crippen molar-refractivity contribution in [1.29, 1.82) is 0 Å². The van der Waals surface area contributed by atoms with E-state index in [0.717, 1.165) is 25.7 Å². The van der Waals surface area contributed by atoms with Gasteiger partial charge in [0.15, 0.2) is 0 Å². The van der Waals surface area contributed by atoms with Gasteiger partial charge in [-0.05, 0) is 73.5 Å². The highest BCUT2D eigenvalue weighted by molar-refractivity contribution is 7.89. The van der Waals surface area contributed by atoms with Gasteiger partial charge >= 0.3 is 0 Å². The first-order valence-corrected chi connectivity index (χ1v) is 13.2. The van der Waals surface area contributed by atoms with Gasteiger partial charge in [-0.25, -0.2) is 8.42 Å². The number of para-hydroxylation sites is 1. The Balaban J connectivity index is 1.47. The number of halogens is 1. The molecular weight excluding hydrogens is 486 g/mol. The number of anilines is 2. The summed E-state index contributed by atoms with van der Waals surface area (Å²) in [5, 5.41) is 6.09. The number of carbonyl (C=O) groups is 2. The molecular formula is C26H26ClN3O4S. The van der Waals surface area contributed by atoms with Crippen LogP contribution in [0.3, 0.4) is 0 Å². The summed E-state index contributed by atoms with van der Waals surface area (Å²) < 4.78 is 27.5. The number of benzene rings is 3. The van der Waals surface area contributed by atoms with Gasteiger partial charge in [0.05, 0.1) is 16.1 Å². The van der Waals surface area contributed by atoms with Crippen molar-refractivity contribution >= 4 is 44.8 Å². The van der Waals surface area contributed by atoms with Gasteiger partial charge in [0.1, 0.15) is 0 Å². The molecule has 3 aromatic rings. The van der Waals surface area contributed by atoms with E-state index in [1.165, 1.54) is 28.6 Å². The lowest BCUT2D eigenvalue weighted by Crippen LogP contribution is -2.31. The number of carbonyl (C=O) groups excluding carboxylic acids is 2. The van der Waals surface area contributed by atoms with Crippen molar-refractivity contribution in [2.75, 3.05) is 23.7 Å². The number of nitrogens with zero attached hydrogens (tertiary/aromatic N) is 1. The number of sulfonamides is 1. The minimum absolute atomic E-state index is 0.165. The first kappa shape index (κ1) is 24.9. The Morgan fingerprint density at radius 3 is 2.03 bits per heavy atom. The van der Waals surface area contributed by atoms with E-state index in [1.807, 2.05) is 0 Å². The third-order valence-electron chi connectivity index (χ3n) is 5.84. The number of rotatable bonds is 6. The maximum Gasteiger partial charge on any atom is 0.257 e. The lowest BCUT2D eigenvalue weighted by molar-refractivity contribution is 0.102. The molecule has 1 fully saturated rings. The van der Waals surface area contributed by atoms with E-state index in [2.05, 4.69) is 10.6 Å². The van der Waals surface area contributed by atoms with E-state index in [9.17, 15) is 18.0 Å². The highest BCUT2D eigenvalue weighted by Crippen LogP contribution is 2.22. The van der Waals surface area contributed by atoms with Crippen molar-refractivity contribution in [3.63, 3.8) is 0 Å². The molecule has 2 amide bonds. The van der Waals surface area contributed by atoms with Crippen LogP contribution in [0.4, 0.5) is 11.4 Å². The fourth-order valence-electron chi connectivity index (χ4n) is 3.93. The molecule has 2 N–H and O–H groups in total. The third-order valence-corrected chi connectivity index (χ3v) is 8.01. The molecule has 0 unspecified atom stereocenters. The molecule has 0 saturated carbocycles. The minimum atomic E-state index is -3.60. The predicted octanol–water partition coefficient (Wildman–Crippen LogP) is 5.41. The minimum Gasteiger partial charge on any atom is -0.322 e. The van der Waals surface area contributed by atoms with Gasteiger partial charge in [-0.1, -0.05) is 36.6 Å². The Kier molecular flexibility index (Phi) is 7.85. The third kappa shape index (κ3) is 6.08. The Morgan fingerprint density at radius 1 is 0.743 bits per heavy atom. The zero-order valence-corrected chi connectivity index (χ0v) is 20.6. The lowest BCUT2D eigenvalue weighted by atomic mass is 10.1. The van der Waals surface area contributed by atoms with Gasteiger partial charge in [-0.3, -0.25) is 9.59 Å². The molecule has 1 heterocycles. The van der Waals surface area contributed by atoms with Crippen molar-refractivity contribution in [2.24, 2.45) is 0 Å². The number of nitrogens with one attached hydrogen (secondary N) is 2. The van der Waals surface area contributed by atoms with Crippen LogP contribution in [0.15, 0.2) is 77.7 Å². The molecule has 182 valence electrons. The van der Waals surface area contributed by atoms with Crippen LogP contribution in [-0.2, 0) is 10.0 Å². The normalized spacial score (nSPS) is 14.7. The number of amides is 2. The molecule has 9 heteroatoms. The largest absolute Gasteiger partial charge is 0.322 e. The molecule has 0 atom stereocenters. The number of hydrogen-bond acceptors (Lipinski definition) is 4. The van der Waals surface area contributed by atoms with Crippen molar-refractivity contribution in [3.8, 4) is 0 Å². The van der Waals surface area contributed by atoms with E-state index < -0.39 is 15.9 Å². The van der Waals surface area contributed by atoms with Gasteiger partial charge in [0.2, 0.25) is 10.0 Å². The van der Waals surface area contributed by atoms with E-state index in [1.54, 1.807) is 48.5 Å². The van der Waals surface area contributed by atoms with Gasteiger partial charge in [-0.2, -0.15) is 4.31 Å². The average Bonchev–Trinajstić information content (AvgIpc) is 3.16. The molecule has 0 spiro atoms. The maximum atomic E-state index is 13.0. The van der Waals surface area contributed by atoms with E-state index in [4.69, 9.17) is 11.6 Å². The zero-order valence-electron chi connectivity index (χ0n) is 19.0. The fourth-order valence-corrected chi connectivity index (χ4v) is 5.57. The summed E-state index contributed by atoms with van der Waals surface area (Å²) in [7, 11) is -3.60. The van der Waals surface area contributed by atoms with Crippen molar-refractivity contribution in [2.45, 2.75) is 30.6 Å². The van der Waals surface area contributed by atoms with Crippen LogP contribution in [0.2, 0.25) is 5.02 Å². The maximum absolute atomic E-state index is 13.0. The van der Waals surface area contributed by atoms with Gasteiger partial charge in [0, 0.05) is 29.4 Å². The zero-order chi connectivity index (χ0) is 24.8. The summed E-state index contributed by atoms with van der Waals surface area (Å²) >= 11 is 5.89. The lowest BCUT2D eigenvalue weighted by Gasteiger charge is -2.20. The molecule has 0 bridgehead atoms. The highest BCUT2D eigenvalue weighted by atomic mass is 35.5. The molecule has 0 aliphatic carbocycles. The van der Waals surface area contributed by atoms with E-state index in [0.29, 0.717) is 29.5 Å². The summed E-state index contributed by atoms with van der Waals surface area (Å²) in [6.07, 6.45) is 3.77. The summed E-state index contributed by atoms with van der Waals surface area (Å²) in [5.41, 5.74) is 1.48. The van der Waals surface area contributed by atoms with Gasteiger partial charge < -0.3 is 10.6 Å². The molecule has 7 nitrogen and oxygen atoms in total. The molecule has 35 heavy (non-hydrogen) atoms. The molecule has 3 aromatic carbocycles. The predicted molar refractivity (Wildman–Crippen MR) is 137 cm³/mol. The number of hydrogen-bond donors (Lipinski definition) is 2. The second-order valence-corrected chi connectivity index (χ2v) is 10.7. The van der Waals surface area contributed by atoms with Crippen LogP contribution in [0, 0.1) is 0 Å². The Bertz CT molecular complexity index is 1300. The Morgan fingerprint density at radius 2 is 1.37 bits per heavy atom. The highest BCUT2D eigenvalue weighted by Gasteiger charge is 2.25. The molecule has 0 radical (unpaired) electrons. The van der Waals surface area contributed by atoms with Crippen molar-refractivity contribution < 1.29 is 18.0 Å². The van der Waals surface area contributed by atoms with Crippen LogP contribution < -0.4 is 10.6 Å². The SMILES string of the molecule is O=C(Nc1ccccc1C(=O)Nc1ccc(Cl)cc1)c1ccc(S(=O)(=O)N2CCCCCC2)cc1. The second kappa shape index (κ2) is 11.0. The summed E-state index contributed by atoms with van der Waals surface area (Å²) in [6.45, 7) is 1.03. The van der Waals surface area contributed by atoms with Gasteiger partial charge in [-0.15, -0.1) is 0 Å². The molecule has 1 saturated heterocycles. The average molecular weight is 512 g/mol. The van der Waals surface area contributed by atoms with Crippen molar-refractivity contribution in [3.05, 3.63) is 88.9 Å². The second-order valence-electron chi connectivity index (χ2n) is 8.30. The molecule has 1 aliphatic heterocycles. The standard InChI is InChI=1S/C26H26ClN3O4S/c27-20-11-13-21(14-12-20)28-26(32)23-7-3-4-8-24(23)29-25(31)19-9-15-22(16-10-19)35(33,34)30-17-5-1-2-6-18-30/h3-4,7-16H,1-2,5-6,17-18H2,(H,28,32)(H,29,31). The first-order chi connectivity index (χ1) is 16.8. The summed E-state index contributed by atoms with van der Waals surface area (Å²) in [6, 6.07) is 19.2. The topological polar surface area (TPSA) is 95.6 Å².